The number of fused-ring (bicyclic) bond motifs is 1. The number of rotatable bonds is 5. The number of likely N-dealkylation sites (tertiary alicyclic amines) is 1. The van der Waals surface area contributed by atoms with Crippen LogP contribution in [0.5, 0.6) is 0 Å². The number of ether oxygens (including phenoxy) is 1. The summed E-state index contributed by atoms with van der Waals surface area (Å²) in [4.78, 5) is 30.3. The topological polar surface area (TPSA) is 79.7 Å². The molecule has 3 aliphatic rings. The van der Waals surface area contributed by atoms with Crippen LogP contribution >= 0.6 is 0 Å². The number of nitrogens with zero attached hydrogens (tertiary/aromatic N) is 4. The van der Waals surface area contributed by atoms with Gasteiger partial charge in [0.1, 0.15) is 12.8 Å². The number of alkyl halides is 3. The molecule has 1 aliphatic carbocycles. The number of nitrogens with one attached hydrogen (secondary N) is 1. The Labute approximate surface area is 219 Å². The number of halogens is 3. The maximum Gasteiger partial charge on any atom is 0.435 e. The number of piperidine rings is 1. The molecule has 2 aromatic rings. The summed E-state index contributed by atoms with van der Waals surface area (Å²) in [7, 11) is 1.82. The maximum absolute atomic E-state index is 14.0. The van der Waals surface area contributed by atoms with Gasteiger partial charge in [-0.15, -0.1) is 0 Å². The molecule has 1 fully saturated rings. The van der Waals surface area contributed by atoms with Crippen LogP contribution in [0.2, 0.25) is 0 Å². The predicted molar refractivity (Wildman–Crippen MR) is 132 cm³/mol. The molecule has 2 aliphatic heterocycles. The van der Waals surface area contributed by atoms with E-state index in [0.29, 0.717) is 25.9 Å². The van der Waals surface area contributed by atoms with Gasteiger partial charge in [-0.25, -0.2) is 0 Å². The zero-order chi connectivity index (χ0) is 27.1. The molecular weight excluding hydrogens is 499 g/mol. The second-order valence-corrected chi connectivity index (χ2v) is 10.3. The fourth-order valence-corrected chi connectivity index (χ4v) is 5.94. The van der Waals surface area contributed by atoms with Crippen molar-refractivity contribution in [2.24, 2.45) is 5.92 Å². The molecular formula is C27H32F3N5O3. The SMILES string of the molecule is Cc1cc(C(F)(F)F)nn1CC(=O)N1CCC(C2(C(=O)N(C)[C@@H]3CCCc4ccccc43)NC=CO2)CC1. The van der Waals surface area contributed by atoms with E-state index in [1.54, 1.807) is 16.0 Å². The minimum atomic E-state index is -4.56. The van der Waals surface area contributed by atoms with Crippen LogP contribution in [0.1, 0.15) is 54.2 Å². The average molecular weight is 532 g/mol. The molecule has 0 radical (unpaired) electrons. The lowest BCUT2D eigenvalue weighted by molar-refractivity contribution is -0.163. The second kappa shape index (κ2) is 9.99. The standard InChI is InChI=1S/C27H32F3N5O3/c1-18-16-23(27(28,29)30)32-35(18)17-24(36)34-13-10-20(11-14-34)26(31-12-15-38-26)25(37)33(2)22-9-5-7-19-6-3-4-8-21(19)22/h3-4,6,8,12,15-16,20,22,31H,5,7,9-11,13-14,17H2,1-2H3/t22-,26?/m1/s1. The Balaban J connectivity index is 1.25. The van der Waals surface area contributed by atoms with Crippen molar-refractivity contribution in [3.63, 3.8) is 0 Å². The van der Waals surface area contributed by atoms with Crippen molar-refractivity contribution in [1.82, 2.24) is 24.9 Å². The first kappa shape index (κ1) is 26.1. The van der Waals surface area contributed by atoms with E-state index in [-0.39, 0.29) is 36.0 Å². The van der Waals surface area contributed by atoms with E-state index in [4.69, 9.17) is 4.74 Å². The smallest absolute Gasteiger partial charge is 0.435 e. The fourth-order valence-electron chi connectivity index (χ4n) is 5.94. The first-order chi connectivity index (χ1) is 18.1. The molecule has 0 bridgehead atoms. The van der Waals surface area contributed by atoms with Gasteiger partial charge in [0.15, 0.2) is 5.69 Å². The zero-order valence-electron chi connectivity index (χ0n) is 21.5. The highest BCUT2D eigenvalue weighted by molar-refractivity contribution is 5.86. The number of benzene rings is 1. The van der Waals surface area contributed by atoms with E-state index >= 15 is 0 Å². The molecule has 2 atom stereocenters. The molecule has 5 rings (SSSR count). The van der Waals surface area contributed by atoms with Crippen LogP contribution in [0, 0.1) is 12.8 Å². The van der Waals surface area contributed by atoms with Gasteiger partial charge in [-0.2, -0.15) is 18.3 Å². The Morgan fingerprint density at radius 2 is 1.95 bits per heavy atom. The van der Waals surface area contributed by atoms with Gasteiger partial charge in [0.05, 0.1) is 6.04 Å². The minimum absolute atomic E-state index is 0.0455. The normalized spacial score (nSPS) is 23.5. The molecule has 204 valence electrons. The van der Waals surface area contributed by atoms with E-state index in [2.05, 4.69) is 22.5 Å². The molecule has 3 heterocycles. The number of hydrogen-bond donors (Lipinski definition) is 1. The number of amides is 2. The van der Waals surface area contributed by atoms with Gasteiger partial charge in [0, 0.05) is 37.9 Å². The maximum atomic E-state index is 14.0. The van der Waals surface area contributed by atoms with Gasteiger partial charge in [0.2, 0.25) is 5.91 Å². The van der Waals surface area contributed by atoms with Gasteiger partial charge in [-0.3, -0.25) is 14.3 Å². The van der Waals surface area contributed by atoms with Crippen LogP contribution in [-0.2, 0) is 33.5 Å². The number of carbonyl (C=O) groups is 2. The van der Waals surface area contributed by atoms with Gasteiger partial charge in [-0.05, 0) is 56.2 Å². The van der Waals surface area contributed by atoms with Crippen LogP contribution < -0.4 is 5.32 Å². The summed E-state index contributed by atoms with van der Waals surface area (Å²) >= 11 is 0. The summed E-state index contributed by atoms with van der Waals surface area (Å²) in [5, 5.41) is 6.74. The van der Waals surface area contributed by atoms with Gasteiger partial charge >= 0.3 is 6.18 Å². The van der Waals surface area contributed by atoms with E-state index < -0.39 is 17.6 Å². The van der Waals surface area contributed by atoms with Crippen LogP contribution in [0.15, 0.2) is 42.8 Å². The van der Waals surface area contributed by atoms with Crippen LogP contribution in [0.4, 0.5) is 13.2 Å². The molecule has 1 N–H and O–H groups in total. The molecule has 38 heavy (non-hydrogen) atoms. The van der Waals surface area contributed by atoms with Gasteiger partial charge in [-0.1, -0.05) is 24.3 Å². The summed E-state index contributed by atoms with van der Waals surface area (Å²) < 4.78 is 46.0. The minimum Gasteiger partial charge on any atom is -0.464 e. The van der Waals surface area contributed by atoms with Crippen molar-refractivity contribution in [2.45, 2.75) is 63.5 Å². The van der Waals surface area contributed by atoms with Gasteiger partial charge < -0.3 is 19.9 Å². The lowest BCUT2D eigenvalue weighted by Crippen LogP contribution is -2.62. The van der Waals surface area contributed by atoms with Crippen molar-refractivity contribution in [2.75, 3.05) is 20.1 Å². The Morgan fingerprint density at radius 1 is 1.21 bits per heavy atom. The molecule has 0 saturated carbocycles. The molecule has 1 saturated heterocycles. The Hall–Kier alpha value is -3.50. The fraction of sp³-hybridized carbons (Fsp3) is 0.519. The number of aromatic nitrogens is 2. The third kappa shape index (κ3) is 4.74. The summed E-state index contributed by atoms with van der Waals surface area (Å²) in [5.74, 6) is -0.655. The van der Waals surface area contributed by atoms with E-state index in [1.807, 2.05) is 19.2 Å². The highest BCUT2D eigenvalue weighted by Crippen LogP contribution is 2.39. The van der Waals surface area contributed by atoms with Crippen LogP contribution in [0.25, 0.3) is 0 Å². The molecule has 8 nitrogen and oxygen atoms in total. The zero-order valence-corrected chi connectivity index (χ0v) is 21.5. The summed E-state index contributed by atoms with van der Waals surface area (Å²) in [5.41, 5.74) is 0.433. The highest BCUT2D eigenvalue weighted by Gasteiger charge is 2.52. The molecule has 1 unspecified atom stereocenters. The number of carbonyl (C=O) groups excluding carboxylic acids is 2. The van der Waals surface area contributed by atoms with E-state index in [9.17, 15) is 22.8 Å². The molecule has 0 spiro atoms. The summed E-state index contributed by atoms with van der Waals surface area (Å²) in [6, 6.07) is 9.11. The molecule has 1 aromatic heterocycles. The quantitative estimate of drug-likeness (QED) is 0.636. The van der Waals surface area contributed by atoms with Crippen molar-refractivity contribution in [3.05, 3.63) is 65.3 Å². The van der Waals surface area contributed by atoms with Crippen LogP contribution in [0.3, 0.4) is 0 Å². The first-order valence-electron chi connectivity index (χ1n) is 12.9. The van der Waals surface area contributed by atoms with Gasteiger partial charge in [0.25, 0.3) is 11.6 Å². The summed E-state index contributed by atoms with van der Waals surface area (Å²) in [6.45, 7) is 1.96. The average Bonchev–Trinajstić information content (AvgIpc) is 3.55. The molecule has 1 aromatic carbocycles. The lowest BCUT2D eigenvalue weighted by Gasteiger charge is -2.44. The molecule has 11 heteroatoms. The second-order valence-electron chi connectivity index (χ2n) is 10.3. The monoisotopic (exact) mass is 531 g/mol. The highest BCUT2D eigenvalue weighted by atomic mass is 19.4. The van der Waals surface area contributed by atoms with Crippen molar-refractivity contribution in [1.29, 1.82) is 0 Å². The predicted octanol–water partition coefficient (Wildman–Crippen LogP) is 3.77. The number of aryl methyl sites for hydroxylation is 2. The van der Waals surface area contributed by atoms with E-state index in [0.717, 1.165) is 30.0 Å². The first-order valence-corrected chi connectivity index (χ1v) is 12.9. The Morgan fingerprint density at radius 3 is 2.61 bits per heavy atom. The molecule has 2 amide bonds. The van der Waals surface area contributed by atoms with Crippen LogP contribution in [-0.4, -0.2) is 57.3 Å². The number of hydrogen-bond acceptors (Lipinski definition) is 5. The van der Waals surface area contributed by atoms with E-state index in [1.165, 1.54) is 24.3 Å². The Bertz CT molecular complexity index is 1220. The van der Waals surface area contributed by atoms with Crippen molar-refractivity contribution in [3.8, 4) is 0 Å². The third-order valence-electron chi connectivity index (χ3n) is 8.04. The lowest BCUT2D eigenvalue weighted by atomic mass is 9.83. The van der Waals surface area contributed by atoms with Crippen molar-refractivity contribution < 1.29 is 27.5 Å². The number of likely N-dealkylation sites (N-methyl/N-ethyl adjacent to an activating group) is 1. The summed E-state index contributed by atoms with van der Waals surface area (Å²) in [6.07, 6.45) is 2.46. The largest absolute Gasteiger partial charge is 0.464 e. The van der Waals surface area contributed by atoms with Crippen molar-refractivity contribution >= 4 is 11.8 Å². The Kier molecular flexibility index (Phi) is 6.87. The third-order valence-corrected chi connectivity index (χ3v) is 8.04.